The summed E-state index contributed by atoms with van der Waals surface area (Å²) in [5.74, 6) is -0.161. The molecule has 25 heavy (non-hydrogen) atoms. The van der Waals surface area contributed by atoms with Crippen LogP contribution in [0, 0.1) is 0 Å². The molecule has 130 valence electrons. The first kappa shape index (κ1) is 16.9. The summed E-state index contributed by atoms with van der Waals surface area (Å²) in [7, 11) is 1.55. The second-order valence-electron chi connectivity index (χ2n) is 5.61. The highest BCUT2D eigenvalue weighted by Crippen LogP contribution is 2.17. The van der Waals surface area contributed by atoms with Gasteiger partial charge < -0.3 is 20.3 Å². The van der Waals surface area contributed by atoms with Gasteiger partial charge in [0.1, 0.15) is 5.82 Å². The van der Waals surface area contributed by atoms with Crippen molar-refractivity contribution in [1.82, 2.24) is 10.3 Å². The summed E-state index contributed by atoms with van der Waals surface area (Å²) in [4.78, 5) is 30.3. The van der Waals surface area contributed by atoms with E-state index >= 15 is 0 Å². The van der Waals surface area contributed by atoms with E-state index in [1.54, 1.807) is 31.3 Å². The Labute approximate surface area is 146 Å². The van der Waals surface area contributed by atoms with Crippen LogP contribution >= 0.6 is 0 Å². The maximum absolute atomic E-state index is 12.4. The molecule has 0 bridgehead atoms. The molecule has 0 spiro atoms. The van der Waals surface area contributed by atoms with E-state index in [9.17, 15) is 9.59 Å². The van der Waals surface area contributed by atoms with Gasteiger partial charge in [-0.25, -0.2) is 4.98 Å². The van der Waals surface area contributed by atoms with Gasteiger partial charge in [-0.1, -0.05) is 0 Å². The van der Waals surface area contributed by atoms with E-state index in [4.69, 9.17) is 4.74 Å². The van der Waals surface area contributed by atoms with Crippen molar-refractivity contribution in [3.05, 3.63) is 53.7 Å². The van der Waals surface area contributed by atoms with E-state index in [0.29, 0.717) is 16.9 Å². The van der Waals surface area contributed by atoms with E-state index in [0.717, 1.165) is 32.0 Å². The van der Waals surface area contributed by atoms with Crippen LogP contribution < -0.4 is 15.5 Å². The minimum Gasteiger partial charge on any atom is -0.378 e. The molecule has 1 saturated heterocycles. The number of nitrogens with zero attached hydrogens (tertiary/aromatic N) is 2. The van der Waals surface area contributed by atoms with Crippen LogP contribution in [0.4, 0.5) is 11.5 Å². The maximum atomic E-state index is 12.4. The van der Waals surface area contributed by atoms with E-state index in [1.807, 2.05) is 12.1 Å². The van der Waals surface area contributed by atoms with E-state index < -0.39 is 0 Å². The number of anilines is 2. The summed E-state index contributed by atoms with van der Waals surface area (Å²) < 4.78 is 5.34. The number of carbonyl (C=O) groups is 2. The fourth-order valence-corrected chi connectivity index (χ4v) is 2.62. The van der Waals surface area contributed by atoms with Gasteiger partial charge in [0.15, 0.2) is 0 Å². The molecule has 0 atom stereocenters. The van der Waals surface area contributed by atoms with Crippen LogP contribution in [0.1, 0.15) is 20.7 Å². The summed E-state index contributed by atoms with van der Waals surface area (Å²) in [5.41, 5.74) is 2.04. The van der Waals surface area contributed by atoms with Crippen LogP contribution in [-0.2, 0) is 4.74 Å². The molecular weight excluding hydrogens is 320 g/mol. The minimum atomic E-state index is -0.268. The summed E-state index contributed by atoms with van der Waals surface area (Å²) >= 11 is 0. The molecule has 1 fully saturated rings. The predicted octanol–water partition coefficient (Wildman–Crippen LogP) is 1.53. The standard InChI is InChI=1S/C18H20N4O3/c1-19-17(23)14-6-7-20-16(12-14)21-18(24)13-2-4-15(5-3-13)22-8-10-25-11-9-22/h2-7,12H,8-11H2,1H3,(H,19,23)(H,20,21,24). The first-order valence-corrected chi connectivity index (χ1v) is 8.09. The molecule has 1 aliphatic rings. The summed E-state index contributed by atoms with van der Waals surface area (Å²) in [5, 5.41) is 5.25. The van der Waals surface area contributed by atoms with Crippen molar-refractivity contribution in [2.24, 2.45) is 0 Å². The van der Waals surface area contributed by atoms with Gasteiger partial charge in [0.2, 0.25) is 0 Å². The lowest BCUT2D eigenvalue weighted by atomic mass is 10.1. The molecule has 1 aromatic carbocycles. The second-order valence-corrected chi connectivity index (χ2v) is 5.61. The zero-order valence-corrected chi connectivity index (χ0v) is 14.0. The second kappa shape index (κ2) is 7.76. The Balaban J connectivity index is 1.68. The van der Waals surface area contributed by atoms with Crippen molar-refractivity contribution in [1.29, 1.82) is 0 Å². The first-order valence-electron chi connectivity index (χ1n) is 8.09. The van der Waals surface area contributed by atoms with Gasteiger partial charge in [-0.3, -0.25) is 9.59 Å². The molecule has 0 radical (unpaired) electrons. The van der Waals surface area contributed by atoms with Gasteiger partial charge in [-0.05, 0) is 36.4 Å². The van der Waals surface area contributed by atoms with Gasteiger partial charge in [0.05, 0.1) is 13.2 Å². The molecule has 0 saturated carbocycles. The third-order valence-corrected chi connectivity index (χ3v) is 4.00. The van der Waals surface area contributed by atoms with Crippen LogP contribution in [0.5, 0.6) is 0 Å². The average molecular weight is 340 g/mol. The first-order chi connectivity index (χ1) is 12.2. The predicted molar refractivity (Wildman–Crippen MR) is 95.1 cm³/mol. The maximum Gasteiger partial charge on any atom is 0.256 e. The molecule has 7 nitrogen and oxygen atoms in total. The number of morpholine rings is 1. The number of hydrogen-bond acceptors (Lipinski definition) is 5. The Kier molecular flexibility index (Phi) is 5.25. The number of hydrogen-bond donors (Lipinski definition) is 2. The summed E-state index contributed by atoms with van der Waals surface area (Å²) in [6.45, 7) is 3.13. The fraction of sp³-hybridized carbons (Fsp3) is 0.278. The van der Waals surface area contributed by atoms with Crippen molar-refractivity contribution in [3.63, 3.8) is 0 Å². The van der Waals surface area contributed by atoms with Crippen LogP contribution in [0.2, 0.25) is 0 Å². The molecule has 1 aromatic heterocycles. The zero-order valence-electron chi connectivity index (χ0n) is 14.0. The Hall–Kier alpha value is -2.93. The Morgan fingerprint density at radius 2 is 1.76 bits per heavy atom. The van der Waals surface area contributed by atoms with Crippen LogP contribution in [0.25, 0.3) is 0 Å². The summed E-state index contributed by atoms with van der Waals surface area (Å²) in [6.07, 6.45) is 1.49. The van der Waals surface area contributed by atoms with Crippen LogP contribution in [-0.4, -0.2) is 50.1 Å². The molecule has 0 aliphatic carbocycles. The SMILES string of the molecule is CNC(=O)c1ccnc(NC(=O)c2ccc(N3CCOCC3)cc2)c1. The highest BCUT2D eigenvalue weighted by atomic mass is 16.5. The number of amides is 2. The quantitative estimate of drug-likeness (QED) is 0.882. The van der Waals surface area contributed by atoms with Crippen molar-refractivity contribution < 1.29 is 14.3 Å². The number of pyridine rings is 1. The number of carbonyl (C=O) groups excluding carboxylic acids is 2. The van der Waals surface area contributed by atoms with Crippen molar-refractivity contribution in [2.45, 2.75) is 0 Å². The lowest BCUT2D eigenvalue weighted by Gasteiger charge is -2.28. The number of ether oxygens (including phenoxy) is 1. The topological polar surface area (TPSA) is 83.6 Å². The highest BCUT2D eigenvalue weighted by molar-refractivity contribution is 6.04. The zero-order chi connectivity index (χ0) is 17.6. The monoisotopic (exact) mass is 340 g/mol. The van der Waals surface area contributed by atoms with E-state index in [2.05, 4.69) is 20.5 Å². The molecule has 0 unspecified atom stereocenters. The van der Waals surface area contributed by atoms with Gasteiger partial charge in [-0.15, -0.1) is 0 Å². The van der Waals surface area contributed by atoms with Crippen LogP contribution in [0.3, 0.4) is 0 Å². The van der Waals surface area contributed by atoms with Crippen molar-refractivity contribution in [2.75, 3.05) is 43.6 Å². The number of benzene rings is 1. The van der Waals surface area contributed by atoms with Crippen molar-refractivity contribution >= 4 is 23.3 Å². The number of aromatic nitrogens is 1. The van der Waals surface area contributed by atoms with Gasteiger partial charge in [0, 0.05) is 43.1 Å². The Morgan fingerprint density at radius 3 is 2.44 bits per heavy atom. The van der Waals surface area contributed by atoms with Gasteiger partial charge >= 0.3 is 0 Å². The molecule has 2 N–H and O–H groups in total. The number of rotatable bonds is 4. The molecular formula is C18H20N4O3. The van der Waals surface area contributed by atoms with Crippen molar-refractivity contribution in [3.8, 4) is 0 Å². The molecule has 1 aliphatic heterocycles. The lowest BCUT2D eigenvalue weighted by molar-refractivity contribution is 0.0961. The van der Waals surface area contributed by atoms with Crippen LogP contribution in [0.15, 0.2) is 42.6 Å². The molecule has 2 aromatic rings. The minimum absolute atomic E-state index is 0.229. The highest BCUT2D eigenvalue weighted by Gasteiger charge is 2.13. The largest absolute Gasteiger partial charge is 0.378 e. The third-order valence-electron chi connectivity index (χ3n) is 4.00. The third kappa shape index (κ3) is 4.13. The number of nitrogens with one attached hydrogen (secondary N) is 2. The Bertz CT molecular complexity index is 755. The molecule has 2 amide bonds. The molecule has 7 heteroatoms. The van der Waals surface area contributed by atoms with E-state index in [1.165, 1.54) is 6.20 Å². The van der Waals surface area contributed by atoms with Gasteiger partial charge in [0.25, 0.3) is 11.8 Å². The van der Waals surface area contributed by atoms with E-state index in [-0.39, 0.29) is 11.8 Å². The van der Waals surface area contributed by atoms with Gasteiger partial charge in [-0.2, -0.15) is 0 Å². The smallest absolute Gasteiger partial charge is 0.256 e. The summed E-state index contributed by atoms with van der Waals surface area (Å²) in [6, 6.07) is 10.5. The normalized spacial score (nSPS) is 14.0. The molecule has 2 heterocycles. The fourth-order valence-electron chi connectivity index (χ4n) is 2.62. The molecule has 3 rings (SSSR count). The Morgan fingerprint density at radius 1 is 1.04 bits per heavy atom. The lowest BCUT2D eigenvalue weighted by Crippen LogP contribution is -2.36. The average Bonchev–Trinajstić information content (AvgIpc) is 2.68.